The van der Waals surface area contributed by atoms with E-state index in [-0.39, 0.29) is 32.0 Å². The lowest BCUT2D eigenvalue weighted by atomic mass is 10.2. The molecule has 0 aliphatic carbocycles. The van der Waals surface area contributed by atoms with Crippen molar-refractivity contribution in [3.63, 3.8) is 0 Å². The average Bonchev–Trinajstić information content (AvgIpc) is 2.61. The Hall–Kier alpha value is -2.77. The highest BCUT2D eigenvalue weighted by Gasteiger charge is 2.27. The van der Waals surface area contributed by atoms with Gasteiger partial charge in [-0.15, -0.1) is 0 Å². The van der Waals surface area contributed by atoms with E-state index in [1.165, 1.54) is 4.90 Å². The summed E-state index contributed by atoms with van der Waals surface area (Å²) in [5.74, 6) is -1.32. The fraction of sp³-hybridized carbons (Fsp3) is 0.438. The zero-order chi connectivity index (χ0) is 17.5. The molecule has 1 aromatic carbocycles. The van der Waals surface area contributed by atoms with Crippen LogP contribution in [0.15, 0.2) is 24.3 Å². The monoisotopic (exact) mass is 336 g/mol. The number of carbonyl (C=O) groups is 3. The molecule has 1 N–H and O–H groups in total. The van der Waals surface area contributed by atoms with Gasteiger partial charge in [-0.1, -0.05) is 12.1 Å². The van der Waals surface area contributed by atoms with Crippen molar-refractivity contribution in [2.45, 2.75) is 6.42 Å². The van der Waals surface area contributed by atoms with Crippen LogP contribution in [0, 0.1) is 0 Å². The zero-order valence-electron chi connectivity index (χ0n) is 13.4. The van der Waals surface area contributed by atoms with Crippen LogP contribution < -0.4 is 9.47 Å². The van der Waals surface area contributed by atoms with E-state index in [9.17, 15) is 14.4 Å². The van der Waals surface area contributed by atoms with Crippen LogP contribution >= 0.6 is 0 Å². The third-order valence-electron chi connectivity index (χ3n) is 3.75. The van der Waals surface area contributed by atoms with Crippen LogP contribution in [-0.2, 0) is 14.4 Å². The average molecular weight is 336 g/mol. The SMILES string of the molecule is COc1ccccc1OCCC(=O)N1CCN(C(=O)C(=O)O)CC1. The standard InChI is InChI=1S/C16H20N2O6/c1-23-12-4-2-3-5-13(12)24-11-6-14(19)17-7-9-18(10-8-17)15(20)16(21)22/h2-5H,6-11H2,1H3,(H,21,22). The zero-order valence-corrected chi connectivity index (χ0v) is 13.4. The van der Waals surface area contributed by atoms with Gasteiger partial charge in [0.2, 0.25) is 5.91 Å². The van der Waals surface area contributed by atoms with Gasteiger partial charge in [0.1, 0.15) is 0 Å². The van der Waals surface area contributed by atoms with E-state index in [2.05, 4.69) is 0 Å². The highest BCUT2D eigenvalue weighted by Crippen LogP contribution is 2.25. The van der Waals surface area contributed by atoms with Crippen LogP contribution in [0.5, 0.6) is 11.5 Å². The minimum Gasteiger partial charge on any atom is -0.493 e. The van der Waals surface area contributed by atoms with Gasteiger partial charge in [-0.25, -0.2) is 4.79 Å². The van der Waals surface area contributed by atoms with Gasteiger partial charge in [-0.3, -0.25) is 9.59 Å². The van der Waals surface area contributed by atoms with Crippen LogP contribution in [0.25, 0.3) is 0 Å². The number of carboxylic acids is 1. The van der Waals surface area contributed by atoms with E-state index >= 15 is 0 Å². The first kappa shape index (κ1) is 17.6. The second-order valence-corrected chi connectivity index (χ2v) is 5.23. The number of aliphatic carboxylic acids is 1. The quantitative estimate of drug-likeness (QED) is 0.773. The van der Waals surface area contributed by atoms with Gasteiger partial charge in [0.15, 0.2) is 11.5 Å². The topological polar surface area (TPSA) is 96.4 Å². The van der Waals surface area contributed by atoms with Crippen molar-refractivity contribution >= 4 is 17.8 Å². The summed E-state index contributed by atoms with van der Waals surface area (Å²) in [5.41, 5.74) is 0. The number of benzene rings is 1. The second-order valence-electron chi connectivity index (χ2n) is 5.23. The number of para-hydroxylation sites is 2. The predicted molar refractivity (Wildman–Crippen MR) is 83.9 cm³/mol. The van der Waals surface area contributed by atoms with E-state index in [4.69, 9.17) is 14.6 Å². The molecule has 1 aliphatic heterocycles. The van der Waals surface area contributed by atoms with Crippen molar-refractivity contribution in [3.05, 3.63) is 24.3 Å². The van der Waals surface area contributed by atoms with Crippen LogP contribution in [-0.4, -0.2) is 72.6 Å². The molecular weight excluding hydrogens is 316 g/mol. The minimum atomic E-state index is -1.47. The summed E-state index contributed by atoms with van der Waals surface area (Å²) in [6.45, 7) is 1.32. The molecule has 1 saturated heterocycles. The molecule has 1 fully saturated rings. The predicted octanol–water partition coefficient (Wildman–Crippen LogP) is 0.219. The van der Waals surface area contributed by atoms with Gasteiger partial charge in [-0.05, 0) is 12.1 Å². The summed E-state index contributed by atoms with van der Waals surface area (Å²) in [6, 6.07) is 7.18. The lowest BCUT2D eigenvalue weighted by Crippen LogP contribution is -2.52. The van der Waals surface area contributed by atoms with Crippen LogP contribution in [0.2, 0.25) is 0 Å². The number of ether oxygens (including phenoxy) is 2. The van der Waals surface area contributed by atoms with Crippen molar-refractivity contribution in [2.24, 2.45) is 0 Å². The third-order valence-corrected chi connectivity index (χ3v) is 3.75. The molecule has 2 amide bonds. The maximum Gasteiger partial charge on any atom is 0.394 e. The van der Waals surface area contributed by atoms with Crippen molar-refractivity contribution in [1.82, 2.24) is 9.80 Å². The fourth-order valence-electron chi connectivity index (χ4n) is 2.44. The molecule has 1 aromatic rings. The second kappa shape index (κ2) is 8.19. The van der Waals surface area contributed by atoms with Gasteiger partial charge in [0, 0.05) is 26.2 Å². The van der Waals surface area contributed by atoms with Gasteiger partial charge in [0.25, 0.3) is 0 Å². The lowest BCUT2D eigenvalue weighted by Gasteiger charge is -2.33. The van der Waals surface area contributed by atoms with Gasteiger partial charge in [-0.2, -0.15) is 0 Å². The molecule has 8 heteroatoms. The number of rotatable bonds is 5. The molecule has 24 heavy (non-hydrogen) atoms. The number of nitrogens with zero attached hydrogens (tertiary/aromatic N) is 2. The molecule has 0 bridgehead atoms. The van der Waals surface area contributed by atoms with Gasteiger partial charge < -0.3 is 24.4 Å². The summed E-state index contributed by atoms with van der Waals surface area (Å²) >= 11 is 0. The number of methoxy groups -OCH3 is 1. The largest absolute Gasteiger partial charge is 0.493 e. The molecule has 0 unspecified atom stereocenters. The number of hydrogen-bond acceptors (Lipinski definition) is 5. The van der Waals surface area contributed by atoms with Crippen molar-refractivity contribution in [2.75, 3.05) is 39.9 Å². The number of hydrogen-bond donors (Lipinski definition) is 1. The van der Waals surface area contributed by atoms with Crippen molar-refractivity contribution < 1.29 is 29.0 Å². The first-order valence-corrected chi connectivity index (χ1v) is 7.58. The van der Waals surface area contributed by atoms with E-state index in [0.717, 1.165) is 0 Å². The summed E-state index contributed by atoms with van der Waals surface area (Å²) in [6.07, 6.45) is 0.199. The maximum absolute atomic E-state index is 12.1. The Morgan fingerprint density at radius 1 is 1.04 bits per heavy atom. The number of amides is 2. The molecule has 0 atom stereocenters. The maximum atomic E-state index is 12.1. The molecule has 0 spiro atoms. The highest BCUT2D eigenvalue weighted by molar-refractivity contribution is 6.31. The van der Waals surface area contributed by atoms with E-state index in [1.54, 1.807) is 24.1 Å². The summed E-state index contributed by atoms with van der Waals surface area (Å²) in [5, 5.41) is 8.68. The highest BCUT2D eigenvalue weighted by atomic mass is 16.5. The molecule has 2 rings (SSSR count). The molecule has 0 radical (unpaired) electrons. The summed E-state index contributed by atoms with van der Waals surface area (Å²) in [7, 11) is 1.55. The van der Waals surface area contributed by atoms with E-state index < -0.39 is 11.9 Å². The lowest BCUT2D eigenvalue weighted by molar-refractivity contribution is -0.157. The molecule has 0 aromatic heterocycles. The van der Waals surface area contributed by atoms with Crippen molar-refractivity contribution in [1.29, 1.82) is 0 Å². The molecule has 130 valence electrons. The van der Waals surface area contributed by atoms with E-state index in [0.29, 0.717) is 24.6 Å². The van der Waals surface area contributed by atoms with Crippen LogP contribution in [0.1, 0.15) is 6.42 Å². The normalized spacial score (nSPS) is 14.2. The Labute approximate surface area is 139 Å². The first-order valence-electron chi connectivity index (χ1n) is 7.58. The number of carboxylic acid groups (broad SMARTS) is 1. The minimum absolute atomic E-state index is 0.0904. The van der Waals surface area contributed by atoms with Gasteiger partial charge in [0.05, 0.1) is 20.1 Å². The molecular formula is C16H20N2O6. The van der Waals surface area contributed by atoms with Gasteiger partial charge >= 0.3 is 11.9 Å². The Morgan fingerprint density at radius 3 is 2.21 bits per heavy atom. The van der Waals surface area contributed by atoms with Crippen LogP contribution in [0.4, 0.5) is 0 Å². The smallest absolute Gasteiger partial charge is 0.394 e. The Balaban J connectivity index is 1.76. The fourth-order valence-corrected chi connectivity index (χ4v) is 2.44. The Morgan fingerprint density at radius 2 is 1.62 bits per heavy atom. The number of piperazine rings is 1. The third kappa shape index (κ3) is 4.37. The molecule has 0 saturated carbocycles. The Kier molecular flexibility index (Phi) is 6.00. The van der Waals surface area contributed by atoms with E-state index in [1.807, 2.05) is 12.1 Å². The molecule has 1 aliphatic rings. The molecule has 8 nitrogen and oxygen atoms in total. The number of carbonyl (C=O) groups excluding carboxylic acids is 2. The Bertz CT molecular complexity index is 610. The molecule has 1 heterocycles. The summed E-state index contributed by atoms with van der Waals surface area (Å²) < 4.78 is 10.7. The van der Waals surface area contributed by atoms with Crippen molar-refractivity contribution in [3.8, 4) is 11.5 Å². The first-order chi connectivity index (χ1) is 11.5. The van der Waals surface area contributed by atoms with Crippen LogP contribution in [0.3, 0.4) is 0 Å². The summed E-state index contributed by atoms with van der Waals surface area (Å²) in [4.78, 5) is 37.0.